The first kappa shape index (κ1) is 15.8. The van der Waals surface area contributed by atoms with Gasteiger partial charge in [-0.15, -0.1) is 0 Å². The first-order chi connectivity index (χ1) is 10.2. The summed E-state index contributed by atoms with van der Waals surface area (Å²) in [7, 11) is 0. The number of amides is 1. The van der Waals surface area contributed by atoms with Crippen LogP contribution in [0.2, 0.25) is 0 Å². The SMILES string of the molecule is CCNc1cc(C(=O)N(CCCO)C2CCC2)cc(C)n1. The van der Waals surface area contributed by atoms with Crippen molar-refractivity contribution in [2.24, 2.45) is 0 Å². The Morgan fingerprint density at radius 3 is 2.81 bits per heavy atom. The Morgan fingerprint density at radius 1 is 1.48 bits per heavy atom. The molecule has 0 bridgehead atoms. The number of hydrogen-bond acceptors (Lipinski definition) is 4. The van der Waals surface area contributed by atoms with Crippen LogP contribution in [0.15, 0.2) is 12.1 Å². The second-order valence-corrected chi connectivity index (χ2v) is 5.57. The summed E-state index contributed by atoms with van der Waals surface area (Å²) < 4.78 is 0. The van der Waals surface area contributed by atoms with Crippen molar-refractivity contribution in [3.63, 3.8) is 0 Å². The number of aromatic nitrogens is 1. The highest BCUT2D eigenvalue weighted by Gasteiger charge is 2.29. The van der Waals surface area contributed by atoms with Gasteiger partial charge in [0.05, 0.1) is 0 Å². The molecular weight excluding hydrogens is 266 g/mol. The zero-order valence-electron chi connectivity index (χ0n) is 12.9. The lowest BCUT2D eigenvalue weighted by atomic mass is 9.90. The third-order valence-electron chi connectivity index (χ3n) is 3.89. The van der Waals surface area contributed by atoms with Gasteiger partial charge < -0.3 is 15.3 Å². The fraction of sp³-hybridized carbons (Fsp3) is 0.625. The number of nitrogens with zero attached hydrogens (tertiary/aromatic N) is 2. The summed E-state index contributed by atoms with van der Waals surface area (Å²) in [5.74, 6) is 0.800. The Morgan fingerprint density at radius 2 is 2.24 bits per heavy atom. The number of aryl methyl sites for hydroxylation is 1. The Hall–Kier alpha value is -1.62. The van der Waals surface area contributed by atoms with Gasteiger partial charge in [-0.2, -0.15) is 0 Å². The quantitative estimate of drug-likeness (QED) is 0.808. The molecule has 0 saturated heterocycles. The van der Waals surface area contributed by atoms with Crippen molar-refractivity contribution in [3.8, 4) is 0 Å². The topological polar surface area (TPSA) is 65.5 Å². The average Bonchev–Trinajstić information content (AvgIpc) is 2.40. The van der Waals surface area contributed by atoms with Gasteiger partial charge >= 0.3 is 0 Å². The number of carbonyl (C=O) groups excluding carboxylic acids is 1. The van der Waals surface area contributed by atoms with Gasteiger partial charge in [0.1, 0.15) is 5.82 Å². The maximum absolute atomic E-state index is 12.8. The molecule has 1 amide bonds. The highest BCUT2D eigenvalue weighted by atomic mass is 16.3. The van der Waals surface area contributed by atoms with Gasteiger partial charge in [-0.05, 0) is 51.7 Å². The highest BCUT2D eigenvalue weighted by Crippen LogP contribution is 2.27. The van der Waals surface area contributed by atoms with Crippen LogP contribution >= 0.6 is 0 Å². The number of carbonyl (C=O) groups is 1. The predicted molar refractivity (Wildman–Crippen MR) is 83.5 cm³/mol. The first-order valence-electron chi connectivity index (χ1n) is 7.80. The Bertz CT molecular complexity index is 486. The molecule has 1 aliphatic carbocycles. The average molecular weight is 291 g/mol. The highest BCUT2D eigenvalue weighted by molar-refractivity contribution is 5.95. The van der Waals surface area contributed by atoms with Gasteiger partial charge in [0, 0.05) is 37.0 Å². The van der Waals surface area contributed by atoms with E-state index in [9.17, 15) is 4.79 Å². The van der Waals surface area contributed by atoms with Gasteiger partial charge in [-0.1, -0.05) is 0 Å². The molecule has 1 heterocycles. The summed E-state index contributed by atoms with van der Waals surface area (Å²) in [6, 6.07) is 4.00. The van der Waals surface area contributed by atoms with E-state index in [1.807, 2.05) is 30.9 Å². The van der Waals surface area contributed by atoms with Crippen LogP contribution < -0.4 is 5.32 Å². The molecule has 1 aromatic heterocycles. The van der Waals surface area contributed by atoms with Gasteiger partial charge in [0.25, 0.3) is 5.91 Å². The third kappa shape index (κ3) is 3.94. The molecule has 0 spiro atoms. The minimum Gasteiger partial charge on any atom is -0.396 e. The second-order valence-electron chi connectivity index (χ2n) is 5.57. The summed E-state index contributed by atoms with van der Waals surface area (Å²) in [6.45, 7) is 5.43. The Labute approximate surface area is 126 Å². The van der Waals surface area contributed by atoms with Crippen molar-refractivity contribution in [2.75, 3.05) is 25.0 Å². The van der Waals surface area contributed by atoms with E-state index in [0.29, 0.717) is 24.6 Å². The summed E-state index contributed by atoms with van der Waals surface area (Å²) in [5.41, 5.74) is 1.52. The molecule has 5 nitrogen and oxygen atoms in total. The van der Waals surface area contributed by atoms with Crippen LogP contribution in [0.5, 0.6) is 0 Å². The van der Waals surface area contributed by atoms with E-state index in [1.54, 1.807) is 0 Å². The van der Waals surface area contributed by atoms with Crippen LogP contribution in [0.25, 0.3) is 0 Å². The molecular formula is C16H25N3O2. The predicted octanol–water partition coefficient (Wildman–Crippen LogP) is 2.20. The van der Waals surface area contributed by atoms with Crippen LogP contribution in [-0.4, -0.2) is 46.6 Å². The first-order valence-corrected chi connectivity index (χ1v) is 7.80. The zero-order chi connectivity index (χ0) is 15.2. The molecule has 2 rings (SSSR count). The summed E-state index contributed by atoms with van der Waals surface area (Å²) >= 11 is 0. The number of aliphatic hydroxyl groups is 1. The van der Waals surface area contributed by atoms with Gasteiger partial charge in [-0.3, -0.25) is 4.79 Å². The molecule has 116 valence electrons. The summed E-state index contributed by atoms with van der Waals surface area (Å²) in [6.07, 6.45) is 3.96. The zero-order valence-corrected chi connectivity index (χ0v) is 12.9. The number of nitrogens with one attached hydrogen (secondary N) is 1. The Balaban J connectivity index is 2.18. The molecule has 0 aliphatic heterocycles. The minimum absolute atomic E-state index is 0.0535. The van der Waals surface area contributed by atoms with Crippen molar-refractivity contribution >= 4 is 11.7 Å². The molecule has 0 aromatic carbocycles. The molecule has 1 saturated carbocycles. The molecule has 1 aliphatic rings. The van der Waals surface area contributed by atoms with Crippen LogP contribution in [0, 0.1) is 6.92 Å². The van der Waals surface area contributed by atoms with Crippen molar-refractivity contribution in [1.82, 2.24) is 9.88 Å². The van der Waals surface area contributed by atoms with E-state index in [2.05, 4.69) is 10.3 Å². The fourth-order valence-corrected chi connectivity index (χ4v) is 2.62. The maximum Gasteiger partial charge on any atom is 0.254 e. The third-order valence-corrected chi connectivity index (χ3v) is 3.89. The number of pyridine rings is 1. The Kier molecular flexibility index (Phi) is 5.56. The molecule has 0 radical (unpaired) electrons. The number of rotatable bonds is 7. The minimum atomic E-state index is 0.0535. The maximum atomic E-state index is 12.8. The van der Waals surface area contributed by atoms with E-state index < -0.39 is 0 Å². The van der Waals surface area contributed by atoms with E-state index in [-0.39, 0.29) is 12.5 Å². The molecule has 1 aromatic rings. The number of hydrogen-bond donors (Lipinski definition) is 2. The lowest BCUT2D eigenvalue weighted by molar-refractivity contribution is 0.0562. The lowest BCUT2D eigenvalue weighted by Gasteiger charge is -2.37. The van der Waals surface area contributed by atoms with Crippen molar-refractivity contribution < 1.29 is 9.90 Å². The smallest absolute Gasteiger partial charge is 0.254 e. The van der Waals surface area contributed by atoms with E-state index in [1.165, 1.54) is 6.42 Å². The fourth-order valence-electron chi connectivity index (χ4n) is 2.62. The van der Waals surface area contributed by atoms with E-state index in [0.717, 1.165) is 30.9 Å². The summed E-state index contributed by atoms with van der Waals surface area (Å²) in [5, 5.41) is 12.2. The van der Waals surface area contributed by atoms with Gasteiger partial charge in [0.2, 0.25) is 0 Å². The second kappa shape index (κ2) is 7.41. The van der Waals surface area contributed by atoms with Crippen molar-refractivity contribution in [1.29, 1.82) is 0 Å². The largest absolute Gasteiger partial charge is 0.396 e. The number of aliphatic hydroxyl groups excluding tert-OH is 1. The normalized spacial score (nSPS) is 14.6. The van der Waals surface area contributed by atoms with Crippen molar-refractivity contribution in [2.45, 2.75) is 45.6 Å². The summed E-state index contributed by atoms with van der Waals surface area (Å²) in [4.78, 5) is 19.1. The molecule has 21 heavy (non-hydrogen) atoms. The standard InChI is InChI=1S/C16H25N3O2/c1-3-17-15-11-13(10-12(2)18-15)16(21)19(8-5-9-20)14-6-4-7-14/h10-11,14,20H,3-9H2,1-2H3,(H,17,18). The van der Waals surface area contributed by atoms with Crippen LogP contribution in [0.3, 0.4) is 0 Å². The van der Waals surface area contributed by atoms with Crippen LogP contribution in [0.4, 0.5) is 5.82 Å². The lowest BCUT2D eigenvalue weighted by Crippen LogP contribution is -2.45. The molecule has 1 fully saturated rings. The molecule has 5 heteroatoms. The van der Waals surface area contributed by atoms with Crippen LogP contribution in [-0.2, 0) is 0 Å². The van der Waals surface area contributed by atoms with Gasteiger partial charge in [0.15, 0.2) is 0 Å². The monoisotopic (exact) mass is 291 g/mol. The van der Waals surface area contributed by atoms with Crippen molar-refractivity contribution in [3.05, 3.63) is 23.4 Å². The number of anilines is 1. The van der Waals surface area contributed by atoms with Gasteiger partial charge in [-0.25, -0.2) is 4.98 Å². The molecule has 0 atom stereocenters. The molecule has 0 unspecified atom stereocenters. The van der Waals surface area contributed by atoms with Crippen LogP contribution in [0.1, 0.15) is 48.7 Å². The van der Waals surface area contributed by atoms with E-state index >= 15 is 0 Å². The molecule has 2 N–H and O–H groups in total. The van der Waals surface area contributed by atoms with E-state index in [4.69, 9.17) is 5.11 Å².